The number of ether oxygens (including phenoxy) is 2. The Morgan fingerprint density at radius 3 is 2.80 bits per heavy atom. The van der Waals surface area contributed by atoms with Crippen LogP contribution in [0.15, 0.2) is 60.0 Å². The Balaban J connectivity index is 1.66. The number of carbonyl (C=O) groups excluding carboxylic acids is 1. The largest absolute Gasteiger partial charge is 0.497 e. The molecule has 0 N–H and O–H groups in total. The Morgan fingerprint density at radius 2 is 2.03 bits per heavy atom. The maximum Gasteiger partial charge on any atom is 0.254 e. The van der Waals surface area contributed by atoms with E-state index >= 15 is 0 Å². The minimum atomic E-state index is -0.0405. The molecule has 0 bridgehead atoms. The van der Waals surface area contributed by atoms with E-state index in [1.165, 1.54) is 0 Å². The molecule has 4 rings (SSSR count). The van der Waals surface area contributed by atoms with Gasteiger partial charge in [0.15, 0.2) is 5.16 Å². The van der Waals surface area contributed by atoms with Gasteiger partial charge in [-0.25, -0.2) is 4.98 Å². The molecule has 1 aliphatic rings. The number of rotatable bonds is 6. The van der Waals surface area contributed by atoms with Crippen molar-refractivity contribution in [1.82, 2.24) is 14.5 Å². The van der Waals surface area contributed by atoms with Gasteiger partial charge in [-0.05, 0) is 55.5 Å². The van der Waals surface area contributed by atoms with E-state index < -0.39 is 0 Å². The molecule has 1 saturated heterocycles. The molecule has 6 nitrogen and oxygen atoms in total. The summed E-state index contributed by atoms with van der Waals surface area (Å²) in [6.45, 7) is 0.717. The van der Waals surface area contributed by atoms with Gasteiger partial charge in [0, 0.05) is 35.8 Å². The van der Waals surface area contributed by atoms with Crippen molar-refractivity contribution in [3.8, 4) is 17.2 Å². The summed E-state index contributed by atoms with van der Waals surface area (Å²) in [5.74, 6) is 1.56. The molecule has 0 radical (unpaired) electrons. The molecule has 3 aromatic rings. The summed E-state index contributed by atoms with van der Waals surface area (Å²) in [5, 5.41) is 0.889. The number of likely N-dealkylation sites (tertiary alicyclic amines) is 1. The highest BCUT2D eigenvalue weighted by Crippen LogP contribution is 2.39. The number of benzene rings is 2. The number of methoxy groups -OCH3 is 2. The van der Waals surface area contributed by atoms with Crippen LogP contribution in [-0.2, 0) is 0 Å². The van der Waals surface area contributed by atoms with Crippen LogP contribution in [0.2, 0.25) is 0 Å². The minimum absolute atomic E-state index is 0.0232. The van der Waals surface area contributed by atoms with E-state index in [-0.39, 0.29) is 11.9 Å². The van der Waals surface area contributed by atoms with E-state index in [4.69, 9.17) is 9.47 Å². The van der Waals surface area contributed by atoms with Crippen molar-refractivity contribution in [3.63, 3.8) is 0 Å². The van der Waals surface area contributed by atoms with Crippen LogP contribution in [0.3, 0.4) is 0 Å². The number of imidazole rings is 1. The maximum absolute atomic E-state index is 13.5. The second kappa shape index (κ2) is 8.83. The fourth-order valence-corrected chi connectivity index (χ4v) is 4.55. The molecule has 156 valence electrons. The molecule has 2 heterocycles. The zero-order chi connectivity index (χ0) is 21.1. The van der Waals surface area contributed by atoms with Crippen molar-refractivity contribution in [1.29, 1.82) is 0 Å². The lowest BCUT2D eigenvalue weighted by molar-refractivity contribution is 0.0734. The van der Waals surface area contributed by atoms with Crippen LogP contribution in [-0.4, -0.2) is 47.4 Å². The van der Waals surface area contributed by atoms with Crippen LogP contribution >= 0.6 is 11.8 Å². The molecule has 7 heteroatoms. The monoisotopic (exact) mass is 423 g/mol. The van der Waals surface area contributed by atoms with E-state index in [0.29, 0.717) is 5.56 Å². The van der Waals surface area contributed by atoms with E-state index in [2.05, 4.69) is 4.98 Å². The van der Waals surface area contributed by atoms with Gasteiger partial charge in [-0.3, -0.25) is 9.36 Å². The maximum atomic E-state index is 13.5. The van der Waals surface area contributed by atoms with Gasteiger partial charge in [0.2, 0.25) is 0 Å². The van der Waals surface area contributed by atoms with Crippen molar-refractivity contribution in [2.24, 2.45) is 0 Å². The molecule has 0 spiro atoms. The summed E-state index contributed by atoms with van der Waals surface area (Å²) in [6, 6.07) is 13.4. The standard InChI is InChI=1S/C23H25N3O3S/c1-28-18-9-10-21(29-2)19(15-18)20-8-5-12-26(20)22(27)16-6-4-7-17(14-16)25-13-11-24-23(25)30-3/h4,6-7,9-11,13-15,20H,5,8,12H2,1-3H3/t20-/m0/s1. The highest BCUT2D eigenvalue weighted by atomic mass is 32.2. The van der Waals surface area contributed by atoms with Gasteiger partial charge in [0.05, 0.1) is 20.3 Å². The molecule has 1 amide bonds. The Bertz CT molecular complexity index is 1050. The van der Waals surface area contributed by atoms with Crippen molar-refractivity contribution in [2.75, 3.05) is 27.0 Å². The molecule has 1 atom stereocenters. The number of carbonyl (C=O) groups is 1. The minimum Gasteiger partial charge on any atom is -0.497 e. The van der Waals surface area contributed by atoms with E-state index in [9.17, 15) is 4.79 Å². The molecule has 1 aromatic heterocycles. The fraction of sp³-hybridized carbons (Fsp3) is 0.304. The number of hydrogen-bond acceptors (Lipinski definition) is 5. The molecular weight excluding hydrogens is 398 g/mol. The lowest BCUT2D eigenvalue weighted by atomic mass is 10.0. The quantitative estimate of drug-likeness (QED) is 0.543. The van der Waals surface area contributed by atoms with Gasteiger partial charge in [-0.15, -0.1) is 0 Å². The smallest absolute Gasteiger partial charge is 0.254 e. The van der Waals surface area contributed by atoms with Crippen LogP contribution < -0.4 is 9.47 Å². The molecular formula is C23H25N3O3S. The first-order valence-electron chi connectivity index (χ1n) is 9.87. The highest BCUT2D eigenvalue weighted by Gasteiger charge is 2.33. The van der Waals surface area contributed by atoms with Gasteiger partial charge >= 0.3 is 0 Å². The second-order valence-electron chi connectivity index (χ2n) is 7.10. The van der Waals surface area contributed by atoms with Gasteiger partial charge in [-0.1, -0.05) is 17.8 Å². The molecule has 30 heavy (non-hydrogen) atoms. The van der Waals surface area contributed by atoms with Crippen molar-refractivity contribution in [2.45, 2.75) is 24.0 Å². The Labute approximate surface area is 180 Å². The number of hydrogen-bond donors (Lipinski definition) is 0. The summed E-state index contributed by atoms with van der Waals surface area (Å²) >= 11 is 1.57. The van der Waals surface area contributed by atoms with E-state index in [1.54, 1.807) is 32.2 Å². The Hall–Kier alpha value is -2.93. The van der Waals surface area contributed by atoms with Crippen LogP contribution in [0.25, 0.3) is 5.69 Å². The first-order chi connectivity index (χ1) is 14.7. The van der Waals surface area contributed by atoms with Crippen molar-refractivity contribution in [3.05, 3.63) is 66.0 Å². The topological polar surface area (TPSA) is 56.6 Å². The predicted octanol–water partition coefficient (Wildman–Crippen LogP) is 4.59. The molecule has 1 aliphatic heterocycles. The van der Waals surface area contributed by atoms with Crippen LogP contribution in [0.1, 0.15) is 34.8 Å². The summed E-state index contributed by atoms with van der Waals surface area (Å²) in [6.07, 6.45) is 7.52. The third kappa shape index (κ3) is 3.77. The second-order valence-corrected chi connectivity index (χ2v) is 7.87. The summed E-state index contributed by atoms with van der Waals surface area (Å²) in [7, 11) is 3.30. The zero-order valence-electron chi connectivity index (χ0n) is 17.4. The number of nitrogens with zero attached hydrogens (tertiary/aromatic N) is 3. The normalized spacial score (nSPS) is 16.0. The first kappa shape index (κ1) is 20.3. The third-order valence-corrected chi connectivity index (χ3v) is 6.14. The van der Waals surface area contributed by atoms with Gasteiger partial charge in [0.1, 0.15) is 11.5 Å². The number of amides is 1. The van der Waals surface area contributed by atoms with E-state index in [1.807, 2.05) is 64.4 Å². The molecule has 0 unspecified atom stereocenters. The third-order valence-electron chi connectivity index (χ3n) is 5.47. The zero-order valence-corrected chi connectivity index (χ0v) is 18.2. The van der Waals surface area contributed by atoms with Gasteiger partial charge < -0.3 is 14.4 Å². The van der Waals surface area contributed by atoms with Crippen molar-refractivity contribution < 1.29 is 14.3 Å². The van der Waals surface area contributed by atoms with Crippen LogP contribution in [0, 0.1) is 0 Å². The Kier molecular flexibility index (Phi) is 5.99. The SMILES string of the molecule is COc1ccc(OC)c([C@@H]2CCCN2C(=O)c2cccc(-n3ccnc3SC)c2)c1. The van der Waals surface area contributed by atoms with Gasteiger partial charge in [-0.2, -0.15) is 0 Å². The molecule has 0 aliphatic carbocycles. The number of aromatic nitrogens is 2. The molecule has 0 saturated carbocycles. The first-order valence-corrected chi connectivity index (χ1v) is 11.1. The summed E-state index contributed by atoms with van der Waals surface area (Å²) in [4.78, 5) is 19.8. The highest BCUT2D eigenvalue weighted by molar-refractivity contribution is 7.98. The Morgan fingerprint density at radius 1 is 1.17 bits per heavy atom. The lowest BCUT2D eigenvalue weighted by Gasteiger charge is -2.27. The van der Waals surface area contributed by atoms with Crippen LogP contribution in [0.5, 0.6) is 11.5 Å². The van der Waals surface area contributed by atoms with Gasteiger partial charge in [0.25, 0.3) is 5.91 Å². The molecule has 2 aromatic carbocycles. The van der Waals surface area contributed by atoms with Crippen LogP contribution in [0.4, 0.5) is 0 Å². The molecule has 1 fully saturated rings. The lowest BCUT2D eigenvalue weighted by Crippen LogP contribution is -2.30. The summed E-state index contributed by atoms with van der Waals surface area (Å²) < 4.78 is 13.0. The van der Waals surface area contributed by atoms with E-state index in [0.717, 1.165) is 47.3 Å². The summed E-state index contributed by atoms with van der Waals surface area (Å²) in [5.41, 5.74) is 2.58. The fourth-order valence-electron chi connectivity index (χ4n) is 4.02. The average molecular weight is 424 g/mol. The van der Waals surface area contributed by atoms with Crippen molar-refractivity contribution >= 4 is 17.7 Å². The average Bonchev–Trinajstić information content (AvgIpc) is 3.47. The number of thioether (sulfide) groups is 1. The predicted molar refractivity (Wildman–Crippen MR) is 118 cm³/mol.